The van der Waals surface area contributed by atoms with Gasteiger partial charge in [-0.3, -0.25) is 4.79 Å². The van der Waals surface area contributed by atoms with Gasteiger partial charge in [-0.05, 0) is 36.1 Å². The summed E-state index contributed by atoms with van der Waals surface area (Å²) in [6.07, 6.45) is 2.66. The number of hydrogen-bond acceptors (Lipinski definition) is 5. The molecule has 146 valence electrons. The highest BCUT2D eigenvalue weighted by molar-refractivity contribution is 6.31. The Hall–Kier alpha value is -3.12. The van der Waals surface area contributed by atoms with Crippen LogP contribution in [0.3, 0.4) is 0 Å². The fourth-order valence-corrected chi connectivity index (χ4v) is 4.49. The van der Waals surface area contributed by atoms with Crippen LogP contribution in [0, 0.1) is 0 Å². The van der Waals surface area contributed by atoms with Crippen molar-refractivity contribution in [3.05, 3.63) is 82.3 Å². The third-order valence-corrected chi connectivity index (χ3v) is 5.99. The highest BCUT2D eigenvalue weighted by Crippen LogP contribution is 2.45. The third kappa shape index (κ3) is 3.00. The maximum atomic E-state index is 13.3. The largest absolute Gasteiger partial charge is 0.497 e. The number of nitrogens with zero attached hydrogens (tertiary/aromatic N) is 3. The number of nitrogens with one attached hydrogen (secondary N) is 1. The second-order valence-corrected chi connectivity index (χ2v) is 7.68. The zero-order valence-corrected chi connectivity index (χ0v) is 16.6. The lowest BCUT2D eigenvalue weighted by atomic mass is 9.78. The number of halogens is 1. The second-order valence-electron chi connectivity index (χ2n) is 7.27. The number of carbonyl (C=O) groups excluding carboxylic acids is 1. The van der Waals surface area contributed by atoms with Crippen molar-refractivity contribution < 1.29 is 9.53 Å². The average Bonchev–Trinajstić information content (AvgIpc) is 3.21. The molecule has 0 fully saturated rings. The summed E-state index contributed by atoms with van der Waals surface area (Å²) in [7, 11) is 1.65. The van der Waals surface area contributed by atoms with Crippen molar-refractivity contribution in [2.75, 3.05) is 12.4 Å². The number of allylic oxidation sites excluding steroid dienone is 2. The van der Waals surface area contributed by atoms with E-state index in [1.54, 1.807) is 11.8 Å². The number of methoxy groups -OCH3 is 1. The molecular weight excluding hydrogens is 388 g/mol. The Labute approximate surface area is 173 Å². The first kappa shape index (κ1) is 17.9. The molecule has 0 amide bonds. The van der Waals surface area contributed by atoms with Crippen LogP contribution in [0.25, 0.3) is 0 Å². The van der Waals surface area contributed by atoms with E-state index in [9.17, 15) is 4.79 Å². The number of ether oxygens (including phenoxy) is 1. The van der Waals surface area contributed by atoms with Gasteiger partial charge < -0.3 is 10.1 Å². The van der Waals surface area contributed by atoms with E-state index in [0.29, 0.717) is 17.4 Å². The van der Waals surface area contributed by atoms with Crippen LogP contribution in [0.2, 0.25) is 5.02 Å². The number of ketones is 1. The number of hydrogen-bond donors (Lipinski definition) is 1. The van der Waals surface area contributed by atoms with Crippen molar-refractivity contribution in [2.24, 2.45) is 0 Å². The predicted molar refractivity (Wildman–Crippen MR) is 110 cm³/mol. The van der Waals surface area contributed by atoms with Gasteiger partial charge in [-0.2, -0.15) is 10.1 Å². The quantitative estimate of drug-likeness (QED) is 0.700. The second kappa shape index (κ2) is 7.04. The minimum Gasteiger partial charge on any atom is -0.497 e. The van der Waals surface area contributed by atoms with Crippen molar-refractivity contribution >= 4 is 23.3 Å². The minimum atomic E-state index is -0.373. The first-order valence-corrected chi connectivity index (χ1v) is 9.84. The molecule has 1 N–H and O–H groups in total. The number of rotatable bonds is 3. The van der Waals surface area contributed by atoms with Crippen molar-refractivity contribution in [3.8, 4) is 5.75 Å². The van der Waals surface area contributed by atoms with Gasteiger partial charge in [0, 0.05) is 28.3 Å². The van der Waals surface area contributed by atoms with Crippen LogP contribution < -0.4 is 10.1 Å². The summed E-state index contributed by atoms with van der Waals surface area (Å²) < 4.78 is 6.99. The molecule has 0 bridgehead atoms. The van der Waals surface area contributed by atoms with Gasteiger partial charge in [0.05, 0.1) is 7.11 Å². The van der Waals surface area contributed by atoms with Crippen LogP contribution in [0.1, 0.15) is 35.9 Å². The van der Waals surface area contributed by atoms with E-state index in [-0.39, 0.29) is 17.7 Å². The molecule has 1 aliphatic heterocycles. The molecule has 6 nitrogen and oxygen atoms in total. The number of aromatic nitrogens is 3. The monoisotopic (exact) mass is 406 g/mol. The molecule has 0 saturated heterocycles. The van der Waals surface area contributed by atoms with E-state index >= 15 is 0 Å². The molecule has 2 heterocycles. The average molecular weight is 407 g/mol. The molecule has 0 radical (unpaired) electrons. The molecule has 1 aliphatic carbocycles. The summed E-state index contributed by atoms with van der Waals surface area (Å²) in [5.74, 6) is 1.63. The Kier molecular flexibility index (Phi) is 4.36. The van der Waals surface area contributed by atoms with E-state index in [4.69, 9.17) is 16.3 Å². The molecular formula is C22H19ClN4O2. The fourth-order valence-electron chi connectivity index (χ4n) is 4.25. The zero-order chi connectivity index (χ0) is 20.0. The Morgan fingerprint density at radius 1 is 1.14 bits per heavy atom. The van der Waals surface area contributed by atoms with Gasteiger partial charge in [-0.15, -0.1) is 0 Å². The van der Waals surface area contributed by atoms with Crippen molar-refractivity contribution in [2.45, 2.75) is 24.8 Å². The predicted octanol–water partition coefficient (Wildman–Crippen LogP) is 4.36. The Morgan fingerprint density at radius 2 is 1.93 bits per heavy atom. The molecule has 2 aromatic carbocycles. The molecule has 0 saturated carbocycles. The van der Waals surface area contributed by atoms with Gasteiger partial charge in [0.2, 0.25) is 5.95 Å². The number of benzene rings is 2. The molecule has 2 atom stereocenters. The summed E-state index contributed by atoms with van der Waals surface area (Å²) >= 11 is 6.50. The topological polar surface area (TPSA) is 69.0 Å². The first-order chi connectivity index (χ1) is 14.2. The Bertz CT molecular complexity index is 1120. The van der Waals surface area contributed by atoms with Crippen LogP contribution in [-0.4, -0.2) is 27.7 Å². The van der Waals surface area contributed by atoms with E-state index in [0.717, 1.165) is 34.6 Å². The van der Waals surface area contributed by atoms with Crippen LogP contribution in [0.15, 0.2) is 66.1 Å². The van der Waals surface area contributed by atoms with E-state index in [1.165, 1.54) is 6.33 Å². The molecule has 0 spiro atoms. The van der Waals surface area contributed by atoms with Crippen LogP contribution >= 0.6 is 11.6 Å². The van der Waals surface area contributed by atoms with Gasteiger partial charge in [0.15, 0.2) is 5.78 Å². The van der Waals surface area contributed by atoms with Gasteiger partial charge in [-0.25, -0.2) is 4.68 Å². The lowest BCUT2D eigenvalue weighted by Gasteiger charge is -2.35. The third-order valence-electron chi connectivity index (χ3n) is 5.65. The summed E-state index contributed by atoms with van der Waals surface area (Å²) in [5.41, 5.74) is 3.59. The number of fused-ring (bicyclic) bond motifs is 1. The van der Waals surface area contributed by atoms with Crippen LogP contribution in [0.5, 0.6) is 5.75 Å². The fraction of sp³-hybridized carbons (Fsp3) is 0.227. The van der Waals surface area contributed by atoms with Gasteiger partial charge in [0.25, 0.3) is 0 Å². The molecule has 29 heavy (non-hydrogen) atoms. The molecule has 1 aromatic heterocycles. The van der Waals surface area contributed by atoms with E-state index in [1.807, 2.05) is 48.5 Å². The number of anilines is 1. The maximum Gasteiger partial charge on any atom is 0.226 e. The van der Waals surface area contributed by atoms with Gasteiger partial charge in [-0.1, -0.05) is 41.9 Å². The molecule has 5 rings (SSSR count). The molecule has 3 aromatic rings. The summed E-state index contributed by atoms with van der Waals surface area (Å²) in [6.45, 7) is 0. The lowest BCUT2D eigenvalue weighted by Crippen LogP contribution is -2.33. The van der Waals surface area contributed by atoms with Crippen molar-refractivity contribution in [1.29, 1.82) is 0 Å². The van der Waals surface area contributed by atoms with Crippen molar-refractivity contribution in [1.82, 2.24) is 14.8 Å². The van der Waals surface area contributed by atoms with Gasteiger partial charge in [0.1, 0.15) is 18.1 Å². The van der Waals surface area contributed by atoms with Crippen molar-refractivity contribution in [3.63, 3.8) is 0 Å². The summed E-state index contributed by atoms with van der Waals surface area (Å²) in [6, 6.07) is 15.1. The highest BCUT2D eigenvalue weighted by Gasteiger charge is 2.39. The smallest absolute Gasteiger partial charge is 0.226 e. The van der Waals surface area contributed by atoms with E-state index < -0.39 is 0 Å². The minimum absolute atomic E-state index is 0.0982. The lowest BCUT2D eigenvalue weighted by molar-refractivity contribution is -0.116. The van der Waals surface area contributed by atoms with Crippen LogP contribution in [-0.2, 0) is 4.79 Å². The SMILES string of the molecule is COc1ccc([C@H]2CC(=O)C3=C(C2)Nc2ncnn2[C@H]3c2ccccc2Cl)cc1. The Balaban J connectivity index is 1.57. The molecule has 7 heteroatoms. The zero-order valence-electron chi connectivity index (χ0n) is 15.8. The molecule has 0 unspecified atom stereocenters. The maximum absolute atomic E-state index is 13.3. The first-order valence-electron chi connectivity index (χ1n) is 9.47. The standard InChI is InChI=1S/C22H19ClN4O2/c1-29-15-8-6-13(7-9-15)14-10-18-20(19(28)11-14)21(16-4-2-3-5-17(16)23)27-22(26-18)24-12-25-27/h2-9,12,14,21H,10-11H2,1H3,(H,24,25,26)/t14-,21+/m1/s1. The van der Waals surface area contributed by atoms with E-state index in [2.05, 4.69) is 15.4 Å². The molecule has 2 aliphatic rings. The van der Waals surface area contributed by atoms with Crippen LogP contribution in [0.4, 0.5) is 5.95 Å². The highest BCUT2D eigenvalue weighted by atomic mass is 35.5. The summed E-state index contributed by atoms with van der Waals surface area (Å²) in [5, 5.41) is 8.30. The summed E-state index contributed by atoms with van der Waals surface area (Å²) in [4.78, 5) is 17.7. The normalized spacial score (nSPS) is 20.7. The number of carbonyl (C=O) groups is 1. The number of Topliss-reactive ketones (excluding diaryl/α,β-unsaturated/α-hetero) is 1. The Morgan fingerprint density at radius 3 is 2.69 bits per heavy atom. The van der Waals surface area contributed by atoms with Gasteiger partial charge >= 0.3 is 0 Å².